The van der Waals surface area contributed by atoms with Crippen LogP contribution in [0.4, 0.5) is 5.69 Å². The number of rotatable bonds is 9. The molecule has 3 N–H and O–H groups in total. The van der Waals surface area contributed by atoms with Crippen LogP contribution in [0, 0.1) is 17.2 Å². The highest BCUT2D eigenvalue weighted by atomic mass is 16.4. The van der Waals surface area contributed by atoms with Crippen LogP contribution in [0.1, 0.15) is 52.0 Å². The molecule has 26 heavy (non-hydrogen) atoms. The lowest BCUT2D eigenvalue weighted by atomic mass is 9.97. The number of aliphatic carboxylic acids is 1. The molecule has 0 aliphatic carbocycles. The van der Waals surface area contributed by atoms with Gasteiger partial charge in [0.1, 0.15) is 17.7 Å². The van der Waals surface area contributed by atoms with Crippen molar-refractivity contribution in [2.24, 2.45) is 5.92 Å². The summed E-state index contributed by atoms with van der Waals surface area (Å²) in [6, 6.07) is 8.50. The van der Waals surface area contributed by atoms with Crippen molar-refractivity contribution < 1.29 is 14.7 Å². The minimum absolute atomic E-state index is 0.103. The summed E-state index contributed by atoms with van der Waals surface area (Å²) in [5.74, 6) is -1.38. The third-order valence-corrected chi connectivity index (χ3v) is 4.15. The van der Waals surface area contributed by atoms with Crippen LogP contribution >= 0.6 is 0 Å². The Kier molecular flexibility index (Phi) is 8.36. The van der Waals surface area contributed by atoms with Gasteiger partial charge in [0.25, 0.3) is 5.91 Å². The summed E-state index contributed by atoms with van der Waals surface area (Å²) in [6.07, 6.45) is 2.58. The minimum atomic E-state index is -1.11. The molecule has 0 saturated heterocycles. The number of nitrogens with zero attached hydrogens (tertiary/aromatic N) is 1. The third-order valence-electron chi connectivity index (χ3n) is 4.15. The maximum Gasteiger partial charge on any atom is 0.326 e. The summed E-state index contributed by atoms with van der Waals surface area (Å²) in [6.45, 7) is 7.94. The van der Waals surface area contributed by atoms with Crippen molar-refractivity contribution in [2.45, 2.75) is 52.5 Å². The molecule has 0 radical (unpaired) electrons. The molecule has 0 aliphatic rings. The van der Waals surface area contributed by atoms with E-state index in [1.165, 1.54) is 6.20 Å². The lowest BCUT2D eigenvalue weighted by Gasteiger charge is -2.17. The van der Waals surface area contributed by atoms with Crippen LogP contribution in [-0.2, 0) is 9.59 Å². The highest BCUT2D eigenvalue weighted by Crippen LogP contribution is 2.26. The molecule has 6 nitrogen and oxygen atoms in total. The second-order valence-corrected chi connectivity index (χ2v) is 6.70. The van der Waals surface area contributed by atoms with Gasteiger partial charge in [-0.25, -0.2) is 4.79 Å². The van der Waals surface area contributed by atoms with E-state index in [1.807, 2.05) is 44.2 Å². The van der Waals surface area contributed by atoms with E-state index in [-0.39, 0.29) is 11.5 Å². The first-order chi connectivity index (χ1) is 12.3. The average molecular weight is 357 g/mol. The van der Waals surface area contributed by atoms with Gasteiger partial charge in [0.05, 0.1) is 0 Å². The zero-order chi connectivity index (χ0) is 19.7. The Morgan fingerprint density at radius 3 is 2.46 bits per heavy atom. The molecular weight excluding hydrogens is 330 g/mol. The Bertz CT molecular complexity index is 704. The third kappa shape index (κ3) is 6.25. The van der Waals surface area contributed by atoms with Gasteiger partial charge in [-0.2, -0.15) is 5.26 Å². The van der Waals surface area contributed by atoms with Gasteiger partial charge in [-0.15, -0.1) is 0 Å². The van der Waals surface area contributed by atoms with Gasteiger partial charge in [0.2, 0.25) is 0 Å². The lowest BCUT2D eigenvalue weighted by molar-refractivity contribution is -0.141. The van der Waals surface area contributed by atoms with Crippen molar-refractivity contribution in [3.8, 4) is 6.07 Å². The second kappa shape index (κ2) is 10.2. The van der Waals surface area contributed by atoms with E-state index in [0.717, 1.165) is 17.7 Å². The fourth-order valence-electron chi connectivity index (χ4n) is 2.51. The smallest absolute Gasteiger partial charge is 0.326 e. The van der Waals surface area contributed by atoms with E-state index in [1.54, 1.807) is 0 Å². The summed E-state index contributed by atoms with van der Waals surface area (Å²) >= 11 is 0. The summed E-state index contributed by atoms with van der Waals surface area (Å²) < 4.78 is 0. The molecule has 1 aromatic rings. The van der Waals surface area contributed by atoms with Crippen LogP contribution in [0.25, 0.3) is 0 Å². The van der Waals surface area contributed by atoms with Gasteiger partial charge in [-0.3, -0.25) is 4.79 Å². The molecule has 0 heterocycles. The first kappa shape index (κ1) is 21.2. The second-order valence-electron chi connectivity index (χ2n) is 6.70. The first-order valence-corrected chi connectivity index (χ1v) is 8.79. The lowest BCUT2D eigenvalue weighted by Crippen LogP contribution is -2.42. The van der Waals surface area contributed by atoms with Crippen molar-refractivity contribution >= 4 is 17.6 Å². The summed E-state index contributed by atoms with van der Waals surface area (Å²) in [5, 5.41) is 23.9. The number of anilines is 1. The van der Waals surface area contributed by atoms with Gasteiger partial charge >= 0.3 is 5.97 Å². The predicted molar refractivity (Wildman–Crippen MR) is 101 cm³/mol. The highest BCUT2D eigenvalue weighted by molar-refractivity contribution is 5.99. The Hall–Kier alpha value is -2.81. The molecule has 0 fully saturated rings. The quantitative estimate of drug-likeness (QED) is 0.462. The van der Waals surface area contributed by atoms with E-state index in [2.05, 4.69) is 24.5 Å². The fourth-order valence-corrected chi connectivity index (χ4v) is 2.51. The number of nitrogens with one attached hydrogen (secondary N) is 2. The van der Waals surface area contributed by atoms with Gasteiger partial charge in [0, 0.05) is 11.9 Å². The number of carboxylic acid groups (broad SMARTS) is 1. The monoisotopic (exact) mass is 357 g/mol. The van der Waals surface area contributed by atoms with Gasteiger partial charge in [-0.1, -0.05) is 45.9 Å². The Morgan fingerprint density at radius 1 is 1.27 bits per heavy atom. The number of carbonyl (C=O) groups excluding carboxylic acids is 1. The number of hydrogen-bond donors (Lipinski definition) is 3. The molecule has 0 spiro atoms. The molecule has 6 heteroatoms. The van der Waals surface area contributed by atoms with Gasteiger partial charge in [0.15, 0.2) is 0 Å². The Labute approximate surface area is 154 Å². The first-order valence-electron chi connectivity index (χ1n) is 8.79. The van der Waals surface area contributed by atoms with E-state index >= 15 is 0 Å². The van der Waals surface area contributed by atoms with Crippen molar-refractivity contribution in [3.63, 3.8) is 0 Å². The van der Waals surface area contributed by atoms with E-state index in [0.29, 0.717) is 12.3 Å². The van der Waals surface area contributed by atoms with Crippen molar-refractivity contribution in [3.05, 3.63) is 41.6 Å². The number of carboxylic acids is 1. The molecule has 1 aromatic carbocycles. The minimum Gasteiger partial charge on any atom is -0.480 e. The molecule has 1 rings (SSSR count). The zero-order valence-corrected chi connectivity index (χ0v) is 15.7. The Morgan fingerprint density at radius 2 is 1.92 bits per heavy atom. The van der Waals surface area contributed by atoms with Crippen LogP contribution < -0.4 is 10.6 Å². The van der Waals surface area contributed by atoms with Crippen LogP contribution in [0.15, 0.2) is 36.0 Å². The number of carbonyl (C=O) groups is 2. The maximum atomic E-state index is 12.3. The van der Waals surface area contributed by atoms with Gasteiger partial charge < -0.3 is 15.7 Å². The fraction of sp³-hybridized carbons (Fsp3) is 0.450. The van der Waals surface area contributed by atoms with Crippen LogP contribution in [0.2, 0.25) is 0 Å². The SMILES string of the molecule is CCC(C)c1ccccc1N/C=C(/C#N)C(=O)NC(CC(C)C)C(=O)O. The highest BCUT2D eigenvalue weighted by Gasteiger charge is 2.22. The average Bonchev–Trinajstić information content (AvgIpc) is 2.60. The normalized spacial score (nSPS) is 13.6. The number of benzene rings is 1. The summed E-state index contributed by atoms with van der Waals surface area (Å²) in [4.78, 5) is 23.5. The molecule has 2 atom stereocenters. The maximum absolute atomic E-state index is 12.3. The largest absolute Gasteiger partial charge is 0.480 e. The molecule has 0 aliphatic heterocycles. The number of amides is 1. The predicted octanol–water partition coefficient (Wildman–Crippen LogP) is 3.63. The Balaban J connectivity index is 2.93. The number of para-hydroxylation sites is 1. The van der Waals surface area contributed by atoms with Gasteiger partial charge in [-0.05, 0) is 36.3 Å². The topological polar surface area (TPSA) is 102 Å². The molecule has 1 amide bonds. The molecular formula is C20H27N3O3. The number of hydrogen-bond acceptors (Lipinski definition) is 4. The van der Waals surface area contributed by atoms with E-state index in [4.69, 9.17) is 0 Å². The van der Waals surface area contributed by atoms with E-state index < -0.39 is 17.9 Å². The van der Waals surface area contributed by atoms with Crippen molar-refractivity contribution in [2.75, 3.05) is 5.32 Å². The molecule has 0 bridgehead atoms. The molecule has 140 valence electrons. The molecule has 2 unspecified atom stereocenters. The number of nitriles is 1. The standard InChI is InChI=1S/C20H27N3O3/c1-5-14(4)16-8-6-7-9-17(16)22-12-15(11-21)19(24)23-18(20(25)26)10-13(2)3/h6-9,12-14,18,22H,5,10H2,1-4H3,(H,23,24)(H,25,26)/b15-12-. The van der Waals surface area contributed by atoms with Crippen molar-refractivity contribution in [1.29, 1.82) is 5.26 Å². The van der Waals surface area contributed by atoms with E-state index in [9.17, 15) is 20.0 Å². The molecule has 0 aromatic heterocycles. The van der Waals surface area contributed by atoms with Crippen LogP contribution in [0.5, 0.6) is 0 Å². The van der Waals surface area contributed by atoms with Crippen LogP contribution in [-0.4, -0.2) is 23.0 Å². The summed E-state index contributed by atoms with van der Waals surface area (Å²) in [7, 11) is 0. The van der Waals surface area contributed by atoms with Crippen LogP contribution in [0.3, 0.4) is 0 Å². The molecule has 0 saturated carbocycles. The van der Waals surface area contributed by atoms with Crippen molar-refractivity contribution in [1.82, 2.24) is 5.32 Å². The summed E-state index contributed by atoms with van der Waals surface area (Å²) in [5.41, 5.74) is 1.74. The zero-order valence-electron chi connectivity index (χ0n) is 15.7.